The van der Waals surface area contributed by atoms with Crippen molar-refractivity contribution in [3.05, 3.63) is 76.9 Å². The largest absolute Gasteiger partial charge is 0.508 e. The first-order chi connectivity index (χ1) is 20.9. The molecule has 2 N–H and O–H groups in total. The van der Waals surface area contributed by atoms with E-state index in [2.05, 4.69) is 13.0 Å². The van der Waals surface area contributed by atoms with Crippen LogP contribution in [0.4, 0.5) is 0 Å². The number of carbonyl (C=O) groups is 3. The molecule has 2 aromatic rings. The van der Waals surface area contributed by atoms with Crippen LogP contribution in [0.25, 0.3) is 6.08 Å². The number of amides is 2. The molecule has 0 spiro atoms. The lowest BCUT2D eigenvalue weighted by atomic mass is 9.69. The third-order valence-electron chi connectivity index (χ3n) is 8.95. The quantitative estimate of drug-likeness (QED) is 0.158. The molecule has 0 radical (unpaired) electrons. The van der Waals surface area contributed by atoms with E-state index in [0.29, 0.717) is 45.4 Å². The Hall–Kier alpha value is -3.91. The number of carboxylic acid groups (broad SMARTS) is 1. The Bertz CT molecular complexity index is 1380. The molecule has 0 bridgehead atoms. The average molecular weight is 588 g/mol. The van der Waals surface area contributed by atoms with Crippen molar-refractivity contribution >= 4 is 23.9 Å². The van der Waals surface area contributed by atoms with E-state index in [9.17, 15) is 19.5 Å². The maximum Gasteiger partial charge on any atom is 0.303 e. The fourth-order valence-electron chi connectivity index (χ4n) is 6.82. The van der Waals surface area contributed by atoms with Gasteiger partial charge in [0.25, 0.3) is 0 Å². The first kappa shape index (κ1) is 30.5. The van der Waals surface area contributed by atoms with E-state index in [1.165, 1.54) is 10.5 Å². The summed E-state index contributed by atoms with van der Waals surface area (Å²) in [7, 11) is 0. The van der Waals surface area contributed by atoms with Gasteiger partial charge in [-0.15, -0.1) is 0 Å². The number of aliphatic carboxylic acids is 1. The number of phenolic OH excluding ortho intramolecular Hbond substituents is 1. The Balaban J connectivity index is 1.33. The molecule has 43 heavy (non-hydrogen) atoms. The number of benzene rings is 2. The zero-order valence-electron chi connectivity index (χ0n) is 24.7. The first-order valence-corrected chi connectivity index (χ1v) is 15.4. The number of carbonyl (C=O) groups excluding carboxylic acids is 2. The van der Waals surface area contributed by atoms with Crippen LogP contribution in [0.5, 0.6) is 11.5 Å². The number of nitrogens with zero attached hydrogens (tertiary/aromatic N) is 1. The Labute approximate surface area is 253 Å². The second-order valence-electron chi connectivity index (χ2n) is 11.7. The van der Waals surface area contributed by atoms with Gasteiger partial charge in [0.2, 0.25) is 11.8 Å². The summed E-state index contributed by atoms with van der Waals surface area (Å²) in [5.74, 6) is -1.11. The molecule has 8 nitrogen and oxygen atoms in total. The van der Waals surface area contributed by atoms with E-state index in [-0.39, 0.29) is 36.0 Å². The molecule has 5 rings (SSSR count). The lowest BCUT2D eigenvalue weighted by Crippen LogP contribution is -2.35. The topological polar surface area (TPSA) is 113 Å². The molecule has 0 saturated carbocycles. The Kier molecular flexibility index (Phi) is 9.97. The monoisotopic (exact) mass is 587 g/mol. The van der Waals surface area contributed by atoms with Crippen LogP contribution in [0.15, 0.2) is 71.3 Å². The SMILES string of the molecule is CC/C(=C\c1cccc(O)c1)CC[C@H]1OC[C@H]2C1=C(COc1ccccc1)C[C@H]1C(=O)N(CCCCCC(=O)O)C(=O)[C@H]12. The van der Waals surface area contributed by atoms with Crippen LogP contribution < -0.4 is 4.74 Å². The van der Waals surface area contributed by atoms with Gasteiger partial charge in [-0.05, 0) is 79.5 Å². The van der Waals surface area contributed by atoms with Crippen molar-refractivity contribution in [1.29, 1.82) is 0 Å². The molecule has 228 valence electrons. The number of likely N-dealkylation sites (tertiary alicyclic amines) is 1. The van der Waals surface area contributed by atoms with Crippen LogP contribution in [0.1, 0.15) is 63.9 Å². The van der Waals surface area contributed by atoms with Gasteiger partial charge >= 0.3 is 5.97 Å². The number of rotatable bonds is 14. The molecule has 2 aliphatic heterocycles. The smallest absolute Gasteiger partial charge is 0.303 e. The normalized spacial score (nSPS) is 23.5. The summed E-state index contributed by atoms with van der Waals surface area (Å²) < 4.78 is 12.6. The number of hydrogen-bond acceptors (Lipinski definition) is 6. The summed E-state index contributed by atoms with van der Waals surface area (Å²) in [5.41, 5.74) is 4.37. The van der Waals surface area contributed by atoms with E-state index in [0.717, 1.165) is 41.7 Å². The molecule has 2 aromatic carbocycles. The highest BCUT2D eigenvalue weighted by atomic mass is 16.5. The lowest BCUT2D eigenvalue weighted by molar-refractivity contribution is -0.141. The predicted molar refractivity (Wildman–Crippen MR) is 162 cm³/mol. The van der Waals surface area contributed by atoms with Gasteiger partial charge in [0.05, 0.1) is 24.5 Å². The number of imide groups is 1. The lowest BCUT2D eigenvalue weighted by Gasteiger charge is -2.31. The molecular formula is C35H41NO7. The van der Waals surface area contributed by atoms with Gasteiger partial charge in [-0.3, -0.25) is 19.3 Å². The van der Waals surface area contributed by atoms with Gasteiger partial charge in [-0.1, -0.05) is 55.3 Å². The number of phenols is 1. The second kappa shape index (κ2) is 14.0. The number of fused-ring (bicyclic) bond motifs is 3. The van der Waals surface area contributed by atoms with Gasteiger partial charge in [-0.2, -0.15) is 0 Å². The zero-order chi connectivity index (χ0) is 30.3. The standard InChI is InChI=1S/C35H41NO7/c1-2-23(18-24-10-9-11-26(37)19-24)15-16-30-32-25(21-42-27-12-5-3-6-13-27)20-28-33(29(32)22-43-30)35(41)36(34(28)40)17-8-4-7-14-31(38)39/h3,5-6,9-13,18-19,28-30,33,37H,2,4,7-8,14-17,20-22H2,1H3,(H,38,39)/b23-18+/t28-,29+,30-,33-/m1/s1. The minimum atomic E-state index is -0.833. The van der Waals surface area contributed by atoms with Crippen molar-refractivity contribution in [3.8, 4) is 11.5 Å². The summed E-state index contributed by atoms with van der Waals surface area (Å²) >= 11 is 0. The van der Waals surface area contributed by atoms with E-state index in [4.69, 9.17) is 14.6 Å². The summed E-state index contributed by atoms with van der Waals surface area (Å²) in [6.45, 7) is 3.19. The molecule has 2 amide bonds. The van der Waals surface area contributed by atoms with Crippen molar-refractivity contribution in [1.82, 2.24) is 4.90 Å². The fraction of sp³-hybridized carbons (Fsp3) is 0.457. The number of ether oxygens (including phenoxy) is 2. The van der Waals surface area contributed by atoms with Crippen LogP contribution in [0.3, 0.4) is 0 Å². The van der Waals surface area contributed by atoms with Crippen molar-refractivity contribution in [3.63, 3.8) is 0 Å². The Morgan fingerprint density at radius 1 is 1.02 bits per heavy atom. The van der Waals surface area contributed by atoms with Gasteiger partial charge in [0.15, 0.2) is 0 Å². The zero-order valence-corrected chi connectivity index (χ0v) is 24.7. The number of carboxylic acids is 1. The molecule has 1 aliphatic carbocycles. The summed E-state index contributed by atoms with van der Waals surface area (Å²) in [5, 5.41) is 18.8. The highest BCUT2D eigenvalue weighted by molar-refractivity contribution is 6.06. The molecule has 8 heteroatoms. The second-order valence-corrected chi connectivity index (χ2v) is 11.7. The van der Waals surface area contributed by atoms with Crippen molar-refractivity contribution in [2.75, 3.05) is 19.8 Å². The van der Waals surface area contributed by atoms with E-state index in [1.54, 1.807) is 12.1 Å². The minimum Gasteiger partial charge on any atom is -0.508 e. The van der Waals surface area contributed by atoms with E-state index in [1.807, 2.05) is 42.5 Å². The molecule has 0 unspecified atom stereocenters. The Morgan fingerprint density at radius 3 is 2.58 bits per heavy atom. The van der Waals surface area contributed by atoms with E-state index >= 15 is 0 Å². The molecule has 2 fully saturated rings. The molecule has 4 atom stereocenters. The highest BCUT2D eigenvalue weighted by Gasteiger charge is 2.56. The molecule has 0 aromatic heterocycles. The fourth-order valence-corrected chi connectivity index (χ4v) is 6.82. The van der Waals surface area contributed by atoms with Gasteiger partial charge in [-0.25, -0.2) is 0 Å². The third kappa shape index (κ3) is 7.19. The number of unbranched alkanes of at least 4 members (excludes halogenated alkanes) is 2. The molecule has 2 saturated heterocycles. The number of para-hydroxylation sites is 1. The van der Waals surface area contributed by atoms with Gasteiger partial charge in [0, 0.05) is 18.9 Å². The summed E-state index contributed by atoms with van der Waals surface area (Å²) in [6, 6.07) is 16.8. The molecular weight excluding hydrogens is 546 g/mol. The summed E-state index contributed by atoms with van der Waals surface area (Å²) in [4.78, 5) is 39.5. The van der Waals surface area contributed by atoms with Crippen LogP contribution in [-0.4, -0.2) is 58.8 Å². The predicted octanol–water partition coefficient (Wildman–Crippen LogP) is 6.01. The molecule has 3 aliphatic rings. The highest BCUT2D eigenvalue weighted by Crippen LogP contribution is 2.50. The van der Waals surface area contributed by atoms with Crippen LogP contribution in [-0.2, 0) is 19.1 Å². The van der Waals surface area contributed by atoms with Crippen molar-refractivity contribution in [2.45, 2.75) is 64.4 Å². The van der Waals surface area contributed by atoms with Crippen LogP contribution >= 0.6 is 0 Å². The third-order valence-corrected chi connectivity index (χ3v) is 8.95. The maximum atomic E-state index is 13.7. The number of hydrogen-bond donors (Lipinski definition) is 2. The van der Waals surface area contributed by atoms with Gasteiger partial charge in [0.1, 0.15) is 18.1 Å². The number of allylic oxidation sites excluding steroid dienone is 1. The average Bonchev–Trinajstić information content (AvgIpc) is 3.52. The van der Waals surface area contributed by atoms with E-state index < -0.39 is 17.8 Å². The number of aromatic hydroxyl groups is 1. The van der Waals surface area contributed by atoms with Gasteiger partial charge < -0.3 is 19.7 Å². The first-order valence-electron chi connectivity index (χ1n) is 15.4. The molecule has 2 heterocycles. The van der Waals surface area contributed by atoms with Crippen LogP contribution in [0.2, 0.25) is 0 Å². The minimum absolute atomic E-state index is 0.0920. The van der Waals surface area contributed by atoms with Crippen LogP contribution in [0, 0.1) is 17.8 Å². The van der Waals surface area contributed by atoms with Crippen molar-refractivity contribution < 1.29 is 34.1 Å². The Morgan fingerprint density at radius 2 is 1.84 bits per heavy atom. The summed E-state index contributed by atoms with van der Waals surface area (Å²) in [6.07, 6.45) is 6.74. The van der Waals surface area contributed by atoms with Crippen molar-refractivity contribution in [2.24, 2.45) is 17.8 Å². The maximum absolute atomic E-state index is 13.7.